The van der Waals surface area contributed by atoms with Crippen LogP contribution >= 0.6 is 0 Å². The molecule has 0 aliphatic carbocycles. The Kier molecular flexibility index (Phi) is 5.36. The monoisotopic (exact) mass is 343 g/mol. The van der Waals surface area contributed by atoms with E-state index in [1.54, 1.807) is 19.1 Å². The van der Waals surface area contributed by atoms with Crippen LogP contribution in [0.5, 0.6) is 0 Å². The molecule has 0 unspecified atom stereocenters. The second kappa shape index (κ2) is 7.68. The molecular formula is C19H25N3O3. The van der Waals surface area contributed by atoms with Crippen molar-refractivity contribution in [2.24, 2.45) is 0 Å². The third-order valence-corrected chi connectivity index (χ3v) is 4.62. The summed E-state index contributed by atoms with van der Waals surface area (Å²) < 4.78 is 5.52. The first-order chi connectivity index (χ1) is 12.1. The van der Waals surface area contributed by atoms with Crippen LogP contribution in [0.4, 0.5) is 0 Å². The summed E-state index contributed by atoms with van der Waals surface area (Å²) in [6.45, 7) is 6.46. The Morgan fingerprint density at radius 1 is 1.16 bits per heavy atom. The molecule has 1 aliphatic heterocycles. The molecule has 0 spiro atoms. The molecular weight excluding hydrogens is 318 g/mol. The summed E-state index contributed by atoms with van der Waals surface area (Å²) in [4.78, 5) is 33.0. The van der Waals surface area contributed by atoms with Gasteiger partial charge in [-0.2, -0.15) is 0 Å². The van der Waals surface area contributed by atoms with Crippen LogP contribution in [-0.4, -0.2) is 52.8 Å². The van der Waals surface area contributed by atoms with Crippen molar-refractivity contribution < 1.29 is 14.0 Å². The van der Waals surface area contributed by atoms with E-state index >= 15 is 0 Å². The number of rotatable bonds is 4. The van der Waals surface area contributed by atoms with Crippen LogP contribution in [-0.2, 0) is 4.79 Å². The molecule has 1 fully saturated rings. The second-order valence-corrected chi connectivity index (χ2v) is 6.55. The summed E-state index contributed by atoms with van der Waals surface area (Å²) in [6, 6.07) is 5.37. The number of fused-ring (bicyclic) bond motifs is 1. The van der Waals surface area contributed by atoms with Crippen LogP contribution in [0.25, 0.3) is 11.1 Å². The van der Waals surface area contributed by atoms with Crippen molar-refractivity contribution in [3.8, 4) is 0 Å². The standard InChI is InChI=1S/C19H25N3O3/c1-3-4-6-18(23)21-9-5-10-22(12-11-21)19(24)15-7-8-16-17(13-15)25-14(2)20-16/h7-8,13H,3-6,9-12H2,1-2H3. The predicted octanol–water partition coefficient (Wildman–Crippen LogP) is 3.00. The normalized spacial score (nSPS) is 15.4. The summed E-state index contributed by atoms with van der Waals surface area (Å²) in [5.74, 6) is 0.782. The van der Waals surface area contributed by atoms with E-state index in [9.17, 15) is 9.59 Å². The van der Waals surface area contributed by atoms with Crippen molar-refractivity contribution in [1.29, 1.82) is 0 Å². The van der Waals surface area contributed by atoms with Gasteiger partial charge in [0.1, 0.15) is 5.52 Å². The zero-order chi connectivity index (χ0) is 17.8. The molecule has 134 valence electrons. The number of carbonyl (C=O) groups is 2. The third-order valence-electron chi connectivity index (χ3n) is 4.62. The maximum atomic E-state index is 12.8. The van der Waals surface area contributed by atoms with Crippen molar-refractivity contribution in [1.82, 2.24) is 14.8 Å². The molecule has 0 atom stereocenters. The second-order valence-electron chi connectivity index (χ2n) is 6.55. The fourth-order valence-corrected chi connectivity index (χ4v) is 3.21. The molecule has 0 radical (unpaired) electrons. The first-order valence-electron chi connectivity index (χ1n) is 9.02. The number of hydrogen-bond donors (Lipinski definition) is 0. The summed E-state index contributed by atoms with van der Waals surface area (Å²) in [5, 5.41) is 0. The Morgan fingerprint density at radius 3 is 2.72 bits per heavy atom. The van der Waals surface area contributed by atoms with Crippen LogP contribution in [0.3, 0.4) is 0 Å². The molecule has 1 aliphatic rings. The minimum absolute atomic E-state index is 0.0150. The van der Waals surface area contributed by atoms with Gasteiger partial charge >= 0.3 is 0 Å². The molecule has 2 amide bonds. The van der Waals surface area contributed by atoms with Gasteiger partial charge in [-0.05, 0) is 31.0 Å². The van der Waals surface area contributed by atoms with Crippen LogP contribution in [0, 0.1) is 6.92 Å². The number of aryl methyl sites for hydroxylation is 1. The molecule has 25 heavy (non-hydrogen) atoms. The highest BCUT2D eigenvalue weighted by atomic mass is 16.3. The minimum Gasteiger partial charge on any atom is -0.441 e. The van der Waals surface area contributed by atoms with Gasteiger partial charge in [-0.1, -0.05) is 13.3 Å². The lowest BCUT2D eigenvalue weighted by molar-refractivity contribution is -0.131. The van der Waals surface area contributed by atoms with E-state index in [0.717, 1.165) is 31.3 Å². The molecule has 0 N–H and O–H groups in total. The van der Waals surface area contributed by atoms with Crippen molar-refractivity contribution in [2.75, 3.05) is 26.2 Å². The number of unbranched alkanes of at least 4 members (excludes halogenated alkanes) is 1. The first kappa shape index (κ1) is 17.5. The molecule has 0 bridgehead atoms. The lowest BCUT2D eigenvalue weighted by atomic mass is 10.1. The van der Waals surface area contributed by atoms with Crippen LogP contribution < -0.4 is 0 Å². The third kappa shape index (κ3) is 4.00. The van der Waals surface area contributed by atoms with E-state index in [0.29, 0.717) is 43.1 Å². The van der Waals surface area contributed by atoms with E-state index in [2.05, 4.69) is 11.9 Å². The molecule has 0 saturated carbocycles. The number of amides is 2. The zero-order valence-electron chi connectivity index (χ0n) is 15.0. The SMILES string of the molecule is CCCCC(=O)N1CCCN(C(=O)c2ccc3nc(C)oc3c2)CC1. The molecule has 3 rings (SSSR count). The average molecular weight is 343 g/mol. The largest absolute Gasteiger partial charge is 0.441 e. The first-order valence-corrected chi connectivity index (χ1v) is 9.02. The lowest BCUT2D eigenvalue weighted by Crippen LogP contribution is -2.37. The number of oxazole rings is 1. The molecule has 1 aromatic heterocycles. The van der Waals surface area contributed by atoms with Crippen molar-refractivity contribution in [3.05, 3.63) is 29.7 Å². The van der Waals surface area contributed by atoms with Gasteiger partial charge in [0, 0.05) is 45.1 Å². The van der Waals surface area contributed by atoms with Crippen molar-refractivity contribution in [2.45, 2.75) is 39.5 Å². The van der Waals surface area contributed by atoms with Gasteiger partial charge in [0.05, 0.1) is 0 Å². The average Bonchev–Trinajstić information content (AvgIpc) is 2.82. The Morgan fingerprint density at radius 2 is 1.92 bits per heavy atom. The fourth-order valence-electron chi connectivity index (χ4n) is 3.21. The van der Waals surface area contributed by atoms with E-state index in [1.165, 1.54) is 0 Å². The van der Waals surface area contributed by atoms with Gasteiger partial charge in [-0.3, -0.25) is 9.59 Å². The van der Waals surface area contributed by atoms with Gasteiger partial charge in [0.25, 0.3) is 5.91 Å². The summed E-state index contributed by atoms with van der Waals surface area (Å²) in [5.41, 5.74) is 2.00. The molecule has 6 nitrogen and oxygen atoms in total. The highest BCUT2D eigenvalue weighted by Gasteiger charge is 2.23. The van der Waals surface area contributed by atoms with Gasteiger partial charge in [0.15, 0.2) is 11.5 Å². The Balaban J connectivity index is 1.66. The van der Waals surface area contributed by atoms with Gasteiger partial charge in [0.2, 0.25) is 5.91 Å². The van der Waals surface area contributed by atoms with E-state index in [1.807, 2.05) is 15.9 Å². The maximum Gasteiger partial charge on any atom is 0.254 e. The minimum atomic E-state index is -0.0150. The maximum absolute atomic E-state index is 12.8. The summed E-state index contributed by atoms with van der Waals surface area (Å²) in [6.07, 6.45) is 3.36. The van der Waals surface area contributed by atoms with Crippen molar-refractivity contribution >= 4 is 22.9 Å². The number of benzene rings is 1. The van der Waals surface area contributed by atoms with Crippen LogP contribution in [0.1, 0.15) is 48.9 Å². The molecule has 2 heterocycles. The molecule has 1 saturated heterocycles. The summed E-state index contributed by atoms with van der Waals surface area (Å²) in [7, 11) is 0. The number of hydrogen-bond acceptors (Lipinski definition) is 4. The molecule has 6 heteroatoms. The summed E-state index contributed by atoms with van der Waals surface area (Å²) >= 11 is 0. The number of carbonyl (C=O) groups excluding carboxylic acids is 2. The highest BCUT2D eigenvalue weighted by Crippen LogP contribution is 2.19. The lowest BCUT2D eigenvalue weighted by Gasteiger charge is -2.22. The van der Waals surface area contributed by atoms with Crippen LogP contribution in [0.2, 0.25) is 0 Å². The Bertz CT molecular complexity index is 768. The highest BCUT2D eigenvalue weighted by molar-refractivity contribution is 5.97. The topological polar surface area (TPSA) is 66.7 Å². The smallest absolute Gasteiger partial charge is 0.254 e. The van der Waals surface area contributed by atoms with Crippen LogP contribution in [0.15, 0.2) is 22.6 Å². The number of aromatic nitrogens is 1. The molecule has 2 aromatic rings. The quantitative estimate of drug-likeness (QED) is 0.856. The van der Waals surface area contributed by atoms with Crippen molar-refractivity contribution in [3.63, 3.8) is 0 Å². The Labute approximate surface area is 147 Å². The zero-order valence-corrected chi connectivity index (χ0v) is 15.0. The van der Waals surface area contributed by atoms with E-state index in [4.69, 9.17) is 4.42 Å². The van der Waals surface area contributed by atoms with E-state index < -0.39 is 0 Å². The Hall–Kier alpha value is -2.37. The fraction of sp³-hybridized carbons (Fsp3) is 0.526. The predicted molar refractivity (Wildman–Crippen MR) is 95.4 cm³/mol. The van der Waals surface area contributed by atoms with Gasteiger partial charge < -0.3 is 14.2 Å². The van der Waals surface area contributed by atoms with E-state index in [-0.39, 0.29) is 11.8 Å². The van der Waals surface area contributed by atoms with Gasteiger partial charge in [-0.25, -0.2) is 4.98 Å². The molecule has 1 aromatic carbocycles. The van der Waals surface area contributed by atoms with Gasteiger partial charge in [-0.15, -0.1) is 0 Å². The number of nitrogens with zero attached hydrogens (tertiary/aromatic N) is 3.